The van der Waals surface area contributed by atoms with Crippen LogP contribution in [0.15, 0.2) is 18.2 Å². The average Bonchev–Trinajstić information content (AvgIpc) is 2.44. The van der Waals surface area contributed by atoms with Gasteiger partial charge in [-0.15, -0.1) is 0 Å². The van der Waals surface area contributed by atoms with Crippen LogP contribution in [0.5, 0.6) is 0 Å². The monoisotopic (exact) mass is 297 g/mol. The van der Waals surface area contributed by atoms with Gasteiger partial charge in [0.15, 0.2) is 0 Å². The van der Waals surface area contributed by atoms with Crippen LogP contribution in [0, 0.1) is 15.9 Å². The third-order valence-electron chi connectivity index (χ3n) is 2.70. The number of halogens is 1. The molecule has 2 amide bonds. The zero-order valence-electron chi connectivity index (χ0n) is 11.7. The molecule has 1 rings (SSSR count). The van der Waals surface area contributed by atoms with E-state index in [-0.39, 0.29) is 11.5 Å². The number of amides is 2. The second-order valence-corrected chi connectivity index (χ2v) is 4.41. The predicted octanol–water partition coefficient (Wildman–Crippen LogP) is 1.38. The van der Waals surface area contributed by atoms with Crippen molar-refractivity contribution in [3.05, 3.63) is 39.7 Å². The first-order chi connectivity index (χ1) is 9.86. The minimum Gasteiger partial charge on any atom is -0.354 e. The van der Waals surface area contributed by atoms with Gasteiger partial charge in [0, 0.05) is 18.2 Å². The molecule has 21 heavy (non-hydrogen) atoms. The van der Waals surface area contributed by atoms with Crippen LogP contribution in [-0.4, -0.2) is 29.3 Å². The average molecular weight is 297 g/mol. The van der Waals surface area contributed by atoms with Crippen LogP contribution in [0.2, 0.25) is 0 Å². The quantitative estimate of drug-likeness (QED) is 0.611. The van der Waals surface area contributed by atoms with E-state index in [4.69, 9.17) is 0 Å². The Bertz CT molecular complexity index is 562. The molecule has 0 aliphatic heterocycles. The topological polar surface area (TPSA) is 101 Å². The van der Waals surface area contributed by atoms with E-state index in [0.717, 1.165) is 24.6 Å². The first kappa shape index (κ1) is 16.5. The molecule has 0 saturated heterocycles. The summed E-state index contributed by atoms with van der Waals surface area (Å²) in [6, 6.07) is 2.00. The van der Waals surface area contributed by atoms with Gasteiger partial charge in [0.25, 0.3) is 5.91 Å². The number of carbonyl (C=O) groups is 2. The molecule has 7 nitrogen and oxygen atoms in total. The van der Waals surface area contributed by atoms with Gasteiger partial charge in [-0.25, -0.2) is 0 Å². The van der Waals surface area contributed by atoms with Gasteiger partial charge < -0.3 is 10.6 Å². The van der Waals surface area contributed by atoms with Crippen LogP contribution in [0.3, 0.4) is 0 Å². The Morgan fingerprint density at radius 3 is 2.67 bits per heavy atom. The van der Waals surface area contributed by atoms with Crippen molar-refractivity contribution in [2.75, 3.05) is 6.54 Å². The van der Waals surface area contributed by atoms with E-state index in [1.807, 2.05) is 6.92 Å². The lowest BCUT2D eigenvalue weighted by atomic mass is 10.1. The third-order valence-corrected chi connectivity index (χ3v) is 2.70. The Kier molecular flexibility index (Phi) is 5.77. The summed E-state index contributed by atoms with van der Waals surface area (Å²) < 4.78 is 13.2. The lowest BCUT2D eigenvalue weighted by Gasteiger charge is -2.13. The second-order valence-electron chi connectivity index (χ2n) is 4.41. The predicted molar refractivity (Wildman–Crippen MR) is 73.3 cm³/mol. The third kappa shape index (κ3) is 4.51. The first-order valence-electron chi connectivity index (χ1n) is 6.39. The van der Waals surface area contributed by atoms with Crippen molar-refractivity contribution in [2.45, 2.75) is 26.3 Å². The largest absolute Gasteiger partial charge is 0.354 e. The molecule has 1 aromatic carbocycles. The molecule has 8 heteroatoms. The van der Waals surface area contributed by atoms with E-state index in [1.54, 1.807) is 0 Å². The fourth-order valence-corrected chi connectivity index (χ4v) is 1.54. The molecule has 0 saturated carbocycles. The van der Waals surface area contributed by atoms with Crippen LogP contribution in [-0.2, 0) is 4.79 Å². The molecule has 1 atom stereocenters. The molecular formula is C13H16FN3O4. The normalized spacial score (nSPS) is 11.6. The Hall–Kier alpha value is -2.51. The number of rotatable bonds is 6. The van der Waals surface area contributed by atoms with E-state index in [2.05, 4.69) is 10.6 Å². The molecule has 0 fully saturated rings. The summed E-state index contributed by atoms with van der Waals surface area (Å²) in [5.74, 6) is -2.07. The highest BCUT2D eigenvalue weighted by molar-refractivity contribution is 5.97. The Labute approximate surface area is 120 Å². The standard InChI is InChI=1S/C13H16FN3O4/c1-3-6-15-12(18)8(2)16-13(19)9-4-5-10(14)11(7-9)17(20)21/h4-5,7-8H,3,6H2,1-2H3,(H,15,18)(H,16,19). The lowest BCUT2D eigenvalue weighted by molar-refractivity contribution is -0.387. The Morgan fingerprint density at radius 1 is 1.43 bits per heavy atom. The summed E-state index contributed by atoms with van der Waals surface area (Å²) in [4.78, 5) is 33.2. The fourth-order valence-electron chi connectivity index (χ4n) is 1.54. The summed E-state index contributed by atoms with van der Waals surface area (Å²) in [5.41, 5.74) is -0.871. The van der Waals surface area contributed by atoms with Gasteiger partial charge in [-0.2, -0.15) is 4.39 Å². The van der Waals surface area contributed by atoms with E-state index in [9.17, 15) is 24.1 Å². The maximum atomic E-state index is 13.2. The van der Waals surface area contributed by atoms with Crippen LogP contribution in [0.1, 0.15) is 30.6 Å². The highest BCUT2D eigenvalue weighted by atomic mass is 19.1. The van der Waals surface area contributed by atoms with Crippen LogP contribution in [0.25, 0.3) is 0 Å². The van der Waals surface area contributed by atoms with E-state index < -0.39 is 28.4 Å². The van der Waals surface area contributed by atoms with Crippen molar-refractivity contribution < 1.29 is 18.9 Å². The summed E-state index contributed by atoms with van der Waals surface area (Å²) >= 11 is 0. The van der Waals surface area contributed by atoms with Crippen molar-refractivity contribution in [1.82, 2.24) is 10.6 Å². The molecule has 0 bridgehead atoms. The molecular weight excluding hydrogens is 281 g/mol. The molecule has 0 aromatic heterocycles. The van der Waals surface area contributed by atoms with Crippen molar-refractivity contribution >= 4 is 17.5 Å². The molecule has 114 valence electrons. The zero-order chi connectivity index (χ0) is 16.0. The van der Waals surface area contributed by atoms with E-state index in [1.165, 1.54) is 6.92 Å². The van der Waals surface area contributed by atoms with Crippen molar-refractivity contribution in [2.24, 2.45) is 0 Å². The molecule has 2 N–H and O–H groups in total. The minimum atomic E-state index is -1.02. The number of carbonyl (C=O) groups excluding carboxylic acids is 2. The molecule has 1 unspecified atom stereocenters. The maximum absolute atomic E-state index is 13.2. The second kappa shape index (κ2) is 7.32. The number of nitro groups is 1. The van der Waals surface area contributed by atoms with Gasteiger partial charge in [0.05, 0.1) is 4.92 Å². The first-order valence-corrected chi connectivity index (χ1v) is 6.39. The van der Waals surface area contributed by atoms with Gasteiger partial charge in [0.1, 0.15) is 6.04 Å². The SMILES string of the molecule is CCCNC(=O)C(C)NC(=O)c1ccc(F)c([N+](=O)[O-])c1. The molecule has 0 aliphatic carbocycles. The van der Waals surface area contributed by atoms with E-state index in [0.29, 0.717) is 6.54 Å². The maximum Gasteiger partial charge on any atom is 0.305 e. The highest BCUT2D eigenvalue weighted by Crippen LogP contribution is 2.18. The van der Waals surface area contributed by atoms with Crippen molar-refractivity contribution in [3.8, 4) is 0 Å². The van der Waals surface area contributed by atoms with Gasteiger partial charge in [0.2, 0.25) is 11.7 Å². The van der Waals surface area contributed by atoms with Crippen molar-refractivity contribution in [3.63, 3.8) is 0 Å². The lowest BCUT2D eigenvalue weighted by Crippen LogP contribution is -2.45. The summed E-state index contributed by atoms with van der Waals surface area (Å²) in [5, 5.41) is 15.6. The van der Waals surface area contributed by atoms with E-state index >= 15 is 0 Å². The van der Waals surface area contributed by atoms with Crippen LogP contribution in [0.4, 0.5) is 10.1 Å². The number of benzene rings is 1. The van der Waals surface area contributed by atoms with Gasteiger partial charge in [-0.3, -0.25) is 19.7 Å². The minimum absolute atomic E-state index is 0.0850. The Morgan fingerprint density at radius 2 is 2.10 bits per heavy atom. The van der Waals surface area contributed by atoms with Crippen molar-refractivity contribution in [1.29, 1.82) is 0 Å². The smallest absolute Gasteiger partial charge is 0.305 e. The van der Waals surface area contributed by atoms with Gasteiger partial charge in [-0.1, -0.05) is 6.92 Å². The number of nitrogens with one attached hydrogen (secondary N) is 2. The van der Waals surface area contributed by atoms with Gasteiger partial charge >= 0.3 is 5.69 Å². The molecule has 0 spiro atoms. The summed E-state index contributed by atoms with van der Waals surface area (Å²) in [7, 11) is 0. The molecule has 0 radical (unpaired) electrons. The number of nitrogens with zero attached hydrogens (tertiary/aromatic N) is 1. The number of nitro benzene ring substituents is 1. The molecule has 0 heterocycles. The Balaban J connectivity index is 2.78. The summed E-state index contributed by atoms with van der Waals surface area (Å²) in [6.07, 6.45) is 0.760. The zero-order valence-corrected chi connectivity index (χ0v) is 11.7. The summed E-state index contributed by atoms with van der Waals surface area (Å²) in [6.45, 7) is 3.86. The molecule has 1 aromatic rings. The van der Waals surface area contributed by atoms with Crippen LogP contribution >= 0.6 is 0 Å². The fraction of sp³-hybridized carbons (Fsp3) is 0.385. The van der Waals surface area contributed by atoms with Crippen LogP contribution < -0.4 is 10.6 Å². The molecule has 0 aliphatic rings. The van der Waals surface area contributed by atoms with Gasteiger partial charge in [-0.05, 0) is 25.5 Å². The number of hydrogen-bond acceptors (Lipinski definition) is 4. The number of hydrogen-bond donors (Lipinski definition) is 2. The highest BCUT2D eigenvalue weighted by Gasteiger charge is 2.20.